The van der Waals surface area contributed by atoms with E-state index < -0.39 is 0 Å². The minimum Gasteiger partial charge on any atom is -0.349 e. The van der Waals surface area contributed by atoms with E-state index in [9.17, 15) is 0 Å². The fourth-order valence-corrected chi connectivity index (χ4v) is 2.04. The van der Waals surface area contributed by atoms with Gasteiger partial charge in [0.2, 0.25) is 5.95 Å². The van der Waals surface area contributed by atoms with Gasteiger partial charge in [-0.3, -0.25) is 0 Å². The van der Waals surface area contributed by atoms with Crippen molar-refractivity contribution in [3.63, 3.8) is 0 Å². The molecule has 3 aromatic rings. The molecule has 0 fully saturated rings. The number of anilines is 1. The zero-order valence-electron chi connectivity index (χ0n) is 11.0. The first-order chi connectivity index (χ1) is 9.76. The summed E-state index contributed by atoms with van der Waals surface area (Å²) >= 11 is 0. The van der Waals surface area contributed by atoms with Crippen LogP contribution < -0.4 is 5.32 Å². The molecule has 0 radical (unpaired) electrons. The van der Waals surface area contributed by atoms with Crippen molar-refractivity contribution in [2.45, 2.75) is 13.5 Å². The summed E-state index contributed by atoms with van der Waals surface area (Å²) in [6.45, 7) is 2.58. The number of nitrogens with zero attached hydrogens (tertiary/aromatic N) is 4. The van der Waals surface area contributed by atoms with Crippen molar-refractivity contribution in [2.75, 3.05) is 5.32 Å². The Morgan fingerprint density at radius 1 is 1.25 bits per heavy atom. The molecule has 0 aliphatic rings. The molecule has 2 aromatic heterocycles. The fourth-order valence-electron chi connectivity index (χ4n) is 2.04. The Morgan fingerprint density at radius 2 is 2.10 bits per heavy atom. The molecule has 0 unspecified atom stereocenters. The van der Waals surface area contributed by atoms with Gasteiger partial charge in [-0.15, -0.1) is 5.10 Å². The average Bonchev–Trinajstić information content (AvgIpc) is 2.90. The molecule has 0 saturated heterocycles. The number of hydrogen-bond donors (Lipinski definition) is 1. The van der Waals surface area contributed by atoms with Crippen LogP contribution in [-0.4, -0.2) is 14.6 Å². The SMILES string of the molecule is Cc1cccc2nc(NCc3cccc(C#N)c3)nn12. The maximum atomic E-state index is 8.87. The largest absolute Gasteiger partial charge is 0.349 e. The molecule has 0 aliphatic carbocycles. The van der Waals surface area contributed by atoms with E-state index in [1.54, 1.807) is 10.6 Å². The lowest BCUT2D eigenvalue weighted by Crippen LogP contribution is -2.01. The molecule has 0 spiro atoms. The van der Waals surface area contributed by atoms with E-state index in [1.165, 1.54) is 0 Å². The standard InChI is InChI=1S/C15H13N5/c1-11-4-2-7-14-18-15(19-20(11)14)17-10-13-6-3-5-12(8-13)9-16/h2-8H,10H2,1H3,(H,17,19). The zero-order valence-corrected chi connectivity index (χ0v) is 11.0. The molecule has 3 rings (SSSR count). The van der Waals surface area contributed by atoms with Crippen LogP contribution in [0, 0.1) is 18.3 Å². The van der Waals surface area contributed by atoms with Crippen molar-refractivity contribution in [1.29, 1.82) is 5.26 Å². The van der Waals surface area contributed by atoms with E-state index in [2.05, 4.69) is 21.5 Å². The third-order valence-electron chi connectivity index (χ3n) is 3.06. The smallest absolute Gasteiger partial charge is 0.243 e. The first-order valence-corrected chi connectivity index (χ1v) is 6.31. The van der Waals surface area contributed by atoms with Gasteiger partial charge in [0.1, 0.15) is 0 Å². The Bertz CT molecular complexity index is 797. The maximum absolute atomic E-state index is 8.87. The molecule has 98 valence electrons. The van der Waals surface area contributed by atoms with Crippen molar-refractivity contribution in [1.82, 2.24) is 14.6 Å². The lowest BCUT2D eigenvalue weighted by molar-refractivity contribution is 0.909. The molecule has 1 aromatic carbocycles. The summed E-state index contributed by atoms with van der Waals surface area (Å²) in [4.78, 5) is 4.41. The minimum atomic E-state index is 0.585. The number of rotatable bonds is 3. The van der Waals surface area contributed by atoms with Crippen LogP contribution in [0.3, 0.4) is 0 Å². The van der Waals surface area contributed by atoms with Crippen molar-refractivity contribution in [3.8, 4) is 6.07 Å². The highest BCUT2D eigenvalue weighted by atomic mass is 15.3. The van der Waals surface area contributed by atoms with E-state index in [0.29, 0.717) is 18.1 Å². The van der Waals surface area contributed by atoms with Crippen molar-refractivity contribution < 1.29 is 0 Å². The predicted molar refractivity (Wildman–Crippen MR) is 76.2 cm³/mol. The number of aryl methyl sites for hydroxylation is 1. The third-order valence-corrected chi connectivity index (χ3v) is 3.06. The highest BCUT2D eigenvalue weighted by Gasteiger charge is 2.04. The number of nitrogens with one attached hydrogen (secondary N) is 1. The summed E-state index contributed by atoms with van der Waals surface area (Å²) in [6.07, 6.45) is 0. The van der Waals surface area contributed by atoms with Gasteiger partial charge >= 0.3 is 0 Å². The molecular weight excluding hydrogens is 250 g/mol. The maximum Gasteiger partial charge on any atom is 0.243 e. The second kappa shape index (κ2) is 5.02. The van der Waals surface area contributed by atoms with Crippen LogP contribution in [0.5, 0.6) is 0 Å². The Hall–Kier alpha value is -2.87. The van der Waals surface area contributed by atoms with E-state index in [4.69, 9.17) is 5.26 Å². The highest BCUT2D eigenvalue weighted by Crippen LogP contribution is 2.10. The summed E-state index contributed by atoms with van der Waals surface area (Å²) in [5.74, 6) is 0.585. The van der Waals surface area contributed by atoms with E-state index in [-0.39, 0.29) is 0 Å². The number of benzene rings is 1. The van der Waals surface area contributed by atoms with Gasteiger partial charge in [0.15, 0.2) is 5.65 Å². The zero-order chi connectivity index (χ0) is 13.9. The van der Waals surface area contributed by atoms with Crippen LogP contribution in [0.2, 0.25) is 0 Å². The second-order valence-corrected chi connectivity index (χ2v) is 4.54. The molecule has 0 bridgehead atoms. The molecule has 5 nitrogen and oxygen atoms in total. The van der Waals surface area contributed by atoms with Gasteiger partial charge in [0.05, 0.1) is 11.6 Å². The van der Waals surface area contributed by atoms with Crippen molar-refractivity contribution in [3.05, 3.63) is 59.3 Å². The van der Waals surface area contributed by atoms with Gasteiger partial charge in [0.25, 0.3) is 0 Å². The van der Waals surface area contributed by atoms with Crippen LogP contribution in [0.15, 0.2) is 42.5 Å². The number of fused-ring (bicyclic) bond motifs is 1. The van der Waals surface area contributed by atoms with Crippen LogP contribution in [-0.2, 0) is 6.54 Å². The number of nitriles is 1. The van der Waals surface area contributed by atoms with Gasteiger partial charge < -0.3 is 5.32 Å². The number of aromatic nitrogens is 3. The van der Waals surface area contributed by atoms with Gasteiger partial charge in [-0.1, -0.05) is 18.2 Å². The summed E-state index contributed by atoms with van der Waals surface area (Å²) < 4.78 is 1.80. The first kappa shape index (κ1) is 12.2. The monoisotopic (exact) mass is 263 g/mol. The normalized spacial score (nSPS) is 10.4. The Balaban J connectivity index is 1.80. The van der Waals surface area contributed by atoms with E-state index >= 15 is 0 Å². The first-order valence-electron chi connectivity index (χ1n) is 6.31. The fraction of sp³-hybridized carbons (Fsp3) is 0.133. The molecule has 0 aliphatic heterocycles. The van der Waals surface area contributed by atoms with E-state index in [0.717, 1.165) is 16.9 Å². The van der Waals surface area contributed by atoms with Crippen LogP contribution in [0.25, 0.3) is 5.65 Å². The van der Waals surface area contributed by atoms with Crippen LogP contribution in [0.1, 0.15) is 16.8 Å². The second-order valence-electron chi connectivity index (χ2n) is 4.54. The summed E-state index contributed by atoms with van der Waals surface area (Å²) in [5, 5.41) is 16.5. The van der Waals surface area contributed by atoms with E-state index in [1.807, 2.05) is 43.3 Å². The lowest BCUT2D eigenvalue weighted by atomic mass is 10.1. The molecule has 0 atom stereocenters. The minimum absolute atomic E-state index is 0.585. The number of pyridine rings is 1. The lowest BCUT2D eigenvalue weighted by Gasteiger charge is -2.02. The molecule has 0 saturated carbocycles. The van der Waals surface area contributed by atoms with Crippen LogP contribution in [0.4, 0.5) is 5.95 Å². The van der Waals surface area contributed by atoms with Gasteiger partial charge in [0, 0.05) is 12.2 Å². The molecule has 1 N–H and O–H groups in total. The summed E-state index contributed by atoms with van der Waals surface area (Å²) in [6, 6.07) is 15.5. The molecular formula is C15H13N5. The Labute approximate surface area is 116 Å². The van der Waals surface area contributed by atoms with Crippen molar-refractivity contribution in [2.24, 2.45) is 0 Å². The summed E-state index contributed by atoms with van der Waals surface area (Å²) in [7, 11) is 0. The number of hydrogen-bond acceptors (Lipinski definition) is 4. The van der Waals surface area contributed by atoms with Gasteiger partial charge in [-0.25, -0.2) is 4.52 Å². The topological polar surface area (TPSA) is 66.0 Å². The van der Waals surface area contributed by atoms with Crippen LogP contribution >= 0.6 is 0 Å². The summed E-state index contributed by atoms with van der Waals surface area (Å²) in [5.41, 5.74) is 3.54. The Morgan fingerprint density at radius 3 is 2.90 bits per heavy atom. The third kappa shape index (κ3) is 2.31. The Kier molecular flexibility index (Phi) is 3.05. The molecule has 2 heterocycles. The molecule has 0 amide bonds. The van der Waals surface area contributed by atoms with Crippen molar-refractivity contribution >= 4 is 11.6 Å². The molecule has 20 heavy (non-hydrogen) atoms. The average molecular weight is 263 g/mol. The molecule has 5 heteroatoms. The highest BCUT2D eigenvalue weighted by molar-refractivity contribution is 5.45. The predicted octanol–water partition coefficient (Wildman–Crippen LogP) is 2.52. The van der Waals surface area contributed by atoms with Gasteiger partial charge in [-0.05, 0) is 36.8 Å². The van der Waals surface area contributed by atoms with Gasteiger partial charge in [-0.2, -0.15) is 10.2 Å². The quantitative estimate of drug-likeness (QED) is 0.788.